The summed E-state index contributed by atoms with van der Waals surface area (Å²) in [5.74, 6) is -5.73. The number of nitrogens with one attached hydrogen (secondary N) is 1. The molecule has 1 saturated heterocycles. The van der Waals surface area contributed by atoms with Gasteiger partial charge in [-0.15, -0.1) is 11.3 Å². The minimum atomic E-state index is -1.05. The fourth-order valence-corrected chi connectivity index (χ4v) is 16.0. The van der Waals surface area contributed by atoms with Crippen molar-refractivity contribution in [1.82, 2.24) is 25.0 Å². The molecule has 2 aliphatic carbocycles. The normalized spacial score (nSPS) is 17.3. The van der Waals surface area contributed by atoms with E-state index in [2.05, 4.69) is 58.8 Å². The third kappa shape index (κ3) is 18.3. The molecule has 538 valence electrons. The summed E-state index contributed by atoms with van der Waals surface area (Å²) in [5.41, 5.74) is 10.1. The number of likely N-dealkylation sites (tertiary alicyclic amines) is 1. The van der Waals surface area contributed by atoms with Gasteiger partial charge >= 0.3 is 17.9 Å². The summed E-state index contributed by atoms with van der Waals surface area (Å²) in [5, 5.41) is 15.3. The highest BCUT2D eigenvalue weighted by atomic mass is 32.1. The molecular formula is C81H105N5O13S. The van der Waals surface area contributed by atoms with Gasteiger partial charge in [0.05, 0.1) is 73.6 Å². The summed E-state index contributed by atoms with van der Waals surface area (Å²) >= 11 is 1.50. The molecule has 100 heavy (non-hydrogen) atoms. The first-order chi connectivity index (χ1) is 48.0. The molecular weight excluding hydrogens is 1280 g/mol. The number of hydrogen-bond donors (Lipinski definition) is 2. The van der Waals surface area contributed by atoms with Crippen LogP contribution < -0.4 is 5.32 Å². The number of esters is 2. The standard InChI is InChI=1S/C50H64N4O7S.C31H41NO6/c1-9-32(4)45(53(6)49(57)44(31(2)3)50(58)61-30-39-37-22-15-13-20-35(37)36-21-14-16-23-38(36)39)42(59-7)29-43(55)54-26-17-24-41(54)46(60-8)33(5)47(56)52-40(48-51-25-27-62-48)28-34-18-11-10-12-19-34;1-7-20(4)30(27(37-6)17-28(33)34)32(5)31(36)25(19(2)3)16-29(35)38-18-26-23-14-10-8-12-21(23)22-13-9-11-15-24(22)26/h10-16,18-23,25,27,31-33,39-42,44-46H,9,17,24,26,28-30H2,1-8H3,(H,52,56);8-15,19-20,25-27,30H,7,16-18H2,1-6H3,(H,33,34)/t32-,33+,40-,41-,42+,44-,45-,46+;20-,25-,27+,30-/m00/s1. The van der Waals surface area contributed by atoms with Crippen molar-refractivity contribution in [2.75, 3.05) is 55.2 Å². The number of aromatic nitrogens is 1. The van der Waals surface area contributed by atoms with Crippen molar-refractivity contribution in [2.24, 2.45) is 41.4 Å². The van der Waals surface area contributed by atoms with Crippen LogP contribution in [0.2, 0.25) is 0 Å². The maximum atomic E-state index is 14.5. The fourth-order valence-electron chi connectivity index (χ4n) is 15.3. The van der Waals surface area contributed by atoms with E-state index in [4.69, 9.17) is 23.7 Å². The van der Waals surface area contributed by atoms with E-state index in [1.54, 1.807) is 44.3 Å². The van der Waals surface area contributed by atoms with Crippen LogP contribution >= 0.6 is 11.3 Å². The van der Waals surface area contributed by atoms with Gasteiger partial charge in [-0.05, 0) is 93.0 Å². The van der Waals surface area contributed by atoms with Crippen LogP contribution in [0.15, 0.2) is 139 Å². The van der Waals surface area contributed by atoms with Crippen molar-refractivity contribution in [3.05, 3.63) is 172 Å². The van der Waals surface area contributed by atoms with Crippen LogP contribution in [0.4, 0.5) is 0 Å². The lowest BCUT2D eigenvalue weighted by atomic mass is 9.87. The average molecular weight is 1390 g/mol. The summed E-state index contributed by atoms with van der Waals surface area (Å²) < 4.78 is 29.5. The molecule has 18 nitrogen and oxygen atoms in total. The zero-order valence-electron chi connectivity index (χ0n) is 60.8. The van der Waals surface area contributed by atoms with E-state index < -0.39 is 66.1 Å². The average Bonchev–Trinajstić information content (AvgIpc) is 1.62. The molecule has 19 heteroatoms. The summed E-state index contributed by atoms with van der Waals surface area (Å²) in [6.45, 7) is 18.3. The number of rotatable bonds is 33. The first-order valence-corrected chi connectivity index (χ1v) is 36.4. The topological polar surface area (TPSA) is 221 Å². The number of carbonyl (C=O) groups is 7. The molecule has 1 fully saturated rings. The Bertz CT molecular complexity index is 3600. The molecule has 0 bridgehead atoms. The minimum Gasteiger partial charge on any atom is -0.481 e. The highest BCUT2D eigenvalue weighted by molar-refractivity contribution is 7.09. The van der Waals surface area contributed by atoms with Gasteiger partial charge in [-0.1, -0.05) is 203 Å². The molecule has 0 radical (unpaired) electrons. The lowest BCUT2D eigenvalue weighted by molar-refractivity contribution is -0.161. The third-order valence-electron chi connectivity index (χ3n) is 21.1. The first kappa shape index (κ1) is 77.6. The molecule has 3 aliphatic rings. The number of nitrogens with zero attached hydrogens (tertiary/aromatic N) is 4. The molecule has 2 N–H and O–H groups in total. The molecule has 9 rings (SSSR count). The number of carbonyl (C=O) groups excluding carboxylic acids is 6. The maximum absolute atomic E-state index is 14.5. The Balaban J connectivity index is 0.000000286. The number of likely N-dealkylation sites (N-methyl/N-ethyl adjacent to an activating group) is 2. The van der Waals surface area contributed by atoms with E-state index in [-0.39, 0.29) is 104 Å². The maximum Gasteiger partial charge on any atom is 0.318 e. The van der Waals surface area contributed by atoms with Gasteiger partial charge in [-0.3, -0.25) is 33.6 Å². The van der Waals surface area contributed by atoms with E-state index in [9.17, 15) is 38.7 Å². The van der Waals surface area contributed by atoms with E-state index in [0.29, 0.717) is 25.8 Å². The summed E-state index contributed by atoms with van der Waals surface area (Å²) in [6.07, 6.45) is 3.13. The summed E-state index contributed by atoms with van der Waals surface area (Å²) in [6, 6.07) is 41.1. The van der Waals surface area contributed by atoms with Crippen molar-refractivity contribution in [3.63, 3.8) is 0 Å². The summed E-state index contributed by atoms with van der Waals surface area (Å²) in [7, 11) is 8.02. The van der Waals surface area contributed by atoms with E-state index in [0.717, 1.165) is 67.9 Å². The zero-order chi connectivity index (χ0) is 72.5. The van der Waals surface area contributed by atoms with Crippen molar-refractivity contribution in [3.8, 4) is 22.3 Å². The van der Waals surface area contributed by atoms with Crippen LogP contribution in [0.25, 0.3) is 22.3 Å². The molecule has 12 atom stereocenters. The van der Waals surface area contributed by atoms with E-state index >= 15 is 0 Å². The fraction of sp³-hybridized carbons (Fsp3) is 0.506. The largest absolute Gasteiger partial charge is 0.481 e. The second-order valence-electron chi connectivity index (χ2n) is 28.0. The van der Waals surface area contributed by atoms with Crippen LogP contribution in [0.1, 0.15) is 158 Å². The second kappa shape index (κ2) is 36.5. The molecule has 6 aromatic rings. The number of methoxy groups -OCH3 is 3. The number of fused-ring (bicyclic) bond motifs is 6. The smallest absolute Gasteiger partial charge is 0.318 e. The quantitative estimate of drug-likeness (QED) is 0.0289. The van der Waals surface area contributed by atoms with Gasteiger partial charge in [0.25, 0.3) is 0 Å². The number of carboxylic acid groups (broad SMARTS) is 1. The molecule has 1 aliphatic heterocycles. The van der Waals surface area contributed by atoms with Crippen LogP contribution in [0, 0.1) is 41.4 Å². The Morgan fingerprint density at radius 2 is 1.09 bits per heavy atom. The molecule has 4 amide bonds. The Hall–Kier alpha value is -8.10. The molecule has 0 spiro atoms. The van der Waals surface area contributed by atoms with Gasteiger partial charge in [-0.25, -0.2) is 4.98 Å². The Kier molecular flexibility index (Phi) is 28.3. The Labute approximate surface area is 595 Å². The highest BCUT2D eigenvalue weighted by Gasteiger charge is 2.45. The van der Waals surface area contributed by atoms with Crippen LogP contribution in [-0.4, -0.2) is 158 Å². The molecule has 0 saturated carbocycles. The van der Waals surface area contributed by atoms with E-state index in [1.165, 1.54) is 18.4 Å². The van der Waals surface area contributed by atoms with Gasteiger partial charge in [-0.2, -0.15) is 0 Å². The van der Waals surface area contributed by atoms with Crippen molar-refractivity contribution in [1.29, 1.82) is 0 Å². The zero-order valence-corrected chi connectivity index (χ0v) is 61.7. The van der Waals surface area contributed by atoms with Gasteiger partial charge in [0.15, 0.2) is 0 Å². The molecule has 5 aromatic carbocycles. The lowest BCUT2D eigenvalue weighted by Gasteiger charge is -2.40. The molecule has 2 heterocycles. The van der Waals surface area contributed by atoms with Gasteiger partial charge in [0.2, 0.25) is 23.6 Å². The Morgan fingerprint density at radius 3 is 1.54 bits per heavy atom. The number of amides is 4. The van der Waals surface area contributed by atoms with Gasteiger partial charge in [0.1, 0.15) is 24.1 Å². The number of carboxylic acids is 1. The van der Waals surface area contributed by atoms with Crippen LogP contribution in [0.5, 0.6) is 0 Å². The Morgan fingerprint density at radius 1 is 0.610 bits per heavy atom. The highest BCUT2D eigenvalue weighted by Crippen LogP contribution is 2.46. The van der Waals surface area contributed by atoms with Gasteiger partial charge < -0.3 is 48.8 Å². The minimum absolute atomic E-state index is 0.00974. The number of hydrogen-bond acceptors (Lipinski definition) is 14. The van der Waals surface area contributed by atoms with Crippen LogP contribution in [0.3, 0.4) is 0 Å². The number of ether oxygens (including phenoxy) is 5. The number of aliphatic carboxylic acids is 1. The lowest BCUT2D eigenvalue weighted by Crippen LogP contribution is -2.55. The van der Waals surface area contributed by atoms with Crippen molar-refractivity contribution >= 4 is 52.9 Å². The molecule has 1 aromatic heterocycles. The van der Waals surface area contributed by atoms with E-state index in [1.807, 2.05) is 151 Å². The van der Waals surface area contributed by atoms with Crippen molar-refractivity contribution in [2.45, 2.75) is 168 Å². The monoisotopic (exact) mass is 1390 g/mol. The predicted molar refractivity (Wildman–Crippen MR) is 389 cm³/mol. The summed E-state index contributed by atoms with van der Waals surface area (Å²) in [4.78, 5) is 105. The van der Waals surface area contributed by atoms with Crippen LogP contribution in [-0.2, 0) is 63.7 Å². The molecule has 0 unspecified atom stereocenters. The second-order valence-corrected chi connectivity index (χ2v) is 28.9. The van der Waals surface area contributed by atoms with Crippen molar-refractivity contribution < 1.29 is 62.4 Å². The first-order valence-electron chi connectivity index (χ1n) is 35.5. The predicted octanol–water partition coefficient (Wildman–Crippen LogP) is 13.5. The van der Waals surface area contributed by atoms with Gasteiger partial charge in [0, 0.05) is 65.4 Å². The number of thiazole rings is 1. The third-order valence-corrected chi connectivity index (χ3v) is 22.0. The SMILES string of the molecule is CC[C@H](C)[C@@H]([C@@H](CC(=O)N1CCC[C@H]1[C@H](OC)[C@@H](C)C(=O)N[C@@H](Cc1ccccc1)c1nccs1)OC)N(C)C(=O)[C@@H](C(=O)OCC1c2ccccc2-c2ccccc21)C(C)C.CC[C@H](C)[C@@H]([C@@H](CC(=O)O)OC)N(C)C(=O)[C@@H](CC(=O)OCC1c2ccccc2-c2ccccc21)C(C)C. The number of benzene rings is 5.